The predicted octanol–water partition coefficient (Wildman–Crippen LogP) is 3.06. The lowest BCUT2D eigenvalue weighted by Gasteiger charge is -2.23. The second-order valence-electron chi connectivity index (χ2n) is 5.27. The number of benzene rings is 1. The molecule has 0 aliphatic carbocycles. The fraction of sp³-hybridized carbons (Fsp3) is 0.500. The largest absolute Gasteiger partial charge is 0.487 e. The van der Waals surface area contributed by atoms with Crippen LogP contribution in [0.3, 0.4) is 0 Å². The third kappa shape index (κ3) is 1.58. The molecule has 3 rings (SSSR count). The molecule has 1 aromatic rings. The molecule has 1 fully saturated rings. The number of hydrogen-bond donors (Lipinski definition) is 0. The smallest absolute Gasteiger partial charge is 0.258 e. The van der Waals surface area contributed by atoms with E-state index in [1.165, 1.54) is 0 Å². The summed E-state index contributed by atoms with van der Waals surface area (Å²) in [5, 5.41) is 0. The average Bonchev–Trinajstić information content (AvgIpc) is 2.63. The van der Waals surface area contributed by atoms with E-state index in [0.717, 1.165) is 27.8 Å². The number of carbonyl (C=O) groups excluding carboxylic acids is 1. The Labute approximate surface area is 115 Å². The van der Waals surface area contributed by atoms with E-state index in [-0.39, 0.29) is 18.1 Å². The lowest BCUT2D eigenvalue weighted by atomic mass is 10.0. The Morgan fingerprint density at radius 2 is 2.11 bits per heavy atom. The monoisotopic (exact) mass is 309 g/mol. The number of amides is 1. The second kappa shape index (κ2) is 3.98. The SMILES string of the molecule is Cc1c(Br)cc2c(c1C)OC1C[C@@H](C)N(C1)C2=O. The summed E-state index contributed by atoms with van der Waals surface area (Å²) in [6.07, 6.45) is 1.07. The first kappa shape index (κ1) is 12.0. The van der Waals surface area contributed by atoms with E-state index < -0.39 is 0 Å². The Morgan fingerprint density at radius 3 is 2.83 bits per heavy atom. The first-order valence-electron chi connectivity index (χ1n) is 6.26. The molecule has 2 atom stereocenters. The zero-order chi connectivity index (χ0) is 13.0. The van der Waals surface area contributed by atoms with Crippen molar-refractivity contribution in [2.24, 2.45) is 0 Å². The van der Waals surface area contributed by atoms with Gasteiger partial charge in [-0.15, -0.1) is 0 Å². The van der Waals surface area contributed by atoms with Crippen LogP contribution in [-0.4, -0.2) is 29.5 Å². The van der Waals surface area contributed by atoms with Gasteiger partial charge in [0.15, 0.2) is 0 Å². The molecule has 0 radical (unpaired) electrons. The highest BCUT2D eigenvalue weighted by molar-refractivity contribution is 9.10. The lowest BCUT2D eigenvalue weighted by molar-refractivity contribution is 0.0748. The van der Waals surface area contributed by atoms with E-state index >= 15 is 0 Å². The molecule has 18 heavy (non-hydrogen) atoms. The summed E-state index contributed by atoms with van der Waals surface area (Å²) < 4.78 is 7.05. The number of fused-ring (bicyclic) bond motifs is 3. The number of ether oxygens (including phenoxy) is 1. The van der Waals surface area contributed by atoms with Crippen LogP contribution in [-0.2, 0) is 0 Å². The maximum atomic E-state index is 12.5. The van der Waals surface area contributed by atoms with E-state index in [1.54, 1.807) is 0 Å². The molecule has 4 heteroatoms. The lowest BCUT2D eigenvalue weighted by Crippen LogP contribution is -2.33. The Kier molecular flexibility index (Phi) is 2.66. The van der Waals surface area contributed by atoms with Gasteiger partial charge in [-0.1, -0.05) is 15.9 Å². The van der Waals surface area contributed by atoms with Crippen molar-refractivity contribution in [1.82, 2.24) is 4.90 Å². The van der Waals surface area contributed by atoms with Gasteiger partial charge in [-0.3, -0.25) is 4.79 Å². The van der Waals surface area contributed by atoms with Crippen molar-refractivity contribution in [2.45, 2.75) is 39.3 Å². The zero-order valence-corrected chi connectivity index (χ0v) is 12.4. The molecule has 1 amide bonds. The van der Waals surface area contributed by atoms with E-state index in [2.05, 4.69) is 22.9 Å². The van der Waals surface area contributed by atoms with Crippen LogP contribution >= 0.6 is 15.9 Å². The van der Waals surface area contributed by atoms with Crippen LogP contribution in [0.5, 0.6) is 5.75 Å². The van der Waals surface area contributed by atoms with Crippen molar-refractivity contribution in [1.29, 1.82) is 0 Å². The molecule has 0 spiro atoms. The van der Waals surface area contributed by atoms with Gasteiger partial charge >= 0.3 is 0 Å². The van der Waals surface area contributed by atoms with Gasteiger partial charge in [0.25, 0.3) is 5.91 Å². The van der Waals surface area contributed by atoms with Gasteiger partial charge in [0, 0.05) is 16.9 Å². The van der Waals surface area contributed by atoms with E-state index in [1.807, 2.05) is 24.8 Å². The van der Waals surface area contributed by atoms with Crippen molar-refractivity contribution in [3.8, 4) is 5.75 Å². The summed E-state index contributed by atoms with van der Waals surface area (Å²) in [5.74, 6) is 0.876. The third-order valence-electron chi connectivity index (χ3n) is 4.09. The minimum atomic E-state index is 0.0984. The fourth-order valence-electron chi connectivity index (χ4n) is 2.83. The van der Waals surface area contributed by atoms with E-state index in [9.17, 15) is 4.79 Å². The average molecular weight is 310 g/mol. The van der Waals surface area contributed by atoms with Gasteiger partial charge in [-0.05, 0) is 38.0 Å². The number of carbonyl (C=O) groups is 1. The standard InChI is InChI=1S/C14H16BrNO2/c1-7-4-10-6-16(7)14(17)11-5-12(15)8(2)9(3)13(11)18-10/h5,7,10H,4,6H2,1-3H3/t7-,10?/m1/s1. The third-order valence-corrected chi connectivity index (χ3v) is 4.91. The van der Waals surface area contributed by atoms with Gasteiger partial charge in [0.05, 0.1) is 12.1 Å². The molecular weight excluding hydrogens is 294 g/mol. The molecule has 1 aromatic carbocycles. The number of nitrogens with zero attached hydrogens (tertiary/aromatic N) is 1. The molecule has 0 N–H and O–H groups in total. The molecule has 96 valence electrons. The molecule has 0 aromatic heterocycles. The maximum absolute atomic E-state index is 12.5. The normalized spacial score (nSPS) is 25.8. The minimum absolute atomic E-state index is 0.0984. The van der Waals surface area contributed by atoms with Crippen LogP contribution in [0, 0.1) is 13.8 Å². The highest BCUT2D eigenvalue weighted by Crippen LogP contribution is 2.38. The number of hydrogen-bond acceptors (Lipinski definition) is 2. The second-order valence-corrected chi connectivity index (χ2v) is 6.12. The quantitative estimate of drug-likeness (QED) is 0.737. The van der Waals surface area contributed by atoms with E-state index in [0.29, 0.717) is 12.1 Å². The molecule has 1 saturated heterocycles. The van der Waals surface area contributed by atoms with Gasteiger partial charge < -0.3 is 9.64 Å². The van der Waals surface area contributed by atoms with Crippen LogP contribution in [0.25, 0.3) is 0 Å². The Balaban J connectivity index is 2.20. The topological polar surface area (TPSA) is 29.5 Å². The van der Waals surface area contributed by atoms with Crippen molar-refractivity contribution < 1.29 is 9.53 Å². The van der Waals surface area contributed by atoms with E-state index in [4.69, 9.17) is 4.74 Å². The molecule has 3 nitrogen and oxygen atoms in total. The highest BCUT2D eigenvalue weighted by Gasteiger charge is 2.39. The molecule has 2 heterocycles. The Hall–Kier alpha value is -1.03. The summed E-state index contributed by atoms with van der Waals surface area (Å²) in [7, 11) is 0. The molecule has 2 bridgehead atoms. The highest BCUT2D eigenvalue weighted by atomic mass is 79.9. The van der Waals surface area contributed by atoms with Gasteiger partial charge in [-0.25, -0.2) is 0 Å². The van der Waals surface area contributed by atoms with Gasteiger partial charge in [0.2, 0.25) is 0 Å². The van der Waals surface area contributed by atoms with Gasteiger partial charge in [0.1, 0.15) is 11.9 Å². The summed E-state index contributed by atoms with van der Waals surface area (Å²) >= 11 is 3.52. The minimum Gasteiger partial charge on any atom is -0.487 e. The maximum Gasteiger partial charge on any atom is 0.258 e. The van der Waals surface area contributed by atoms with Crippen LogP contribution in [0.2, 0.25) is 0 Å². The summed E-state index contributed by atoms with van der Waals surface area (Å²) in [6, 6.07) is 2.17. The molecular formula is C14H16BrNO2. The van der Waals surface area contributed by atoms with Crippen LogP contribution < -0.4 is 4.74 Å². The molecule has 2 aliphatic rings. The number of rotatable bonds is 0. The molecule has 0 saturated carbocycles. The molecule has 1 unspecified atom stereocenters. The summed E-state index contributed by atoms with van der Waals surface area (Å²) in [4.78, 5) is 14.5. The molecule has 2 aliphatic heterocycles. The Morgan fingerprint density at radius 1 is 1.39 bits per heavy atom. The van der Waals surface area contributed by atoms with Crippen molar-refractivity contribution in [3.63, 3.8) is 0 Å². The van der Waals surface area contributed by atoms with Crippen LogP contribution in [0.4, 0.5) is 0 Å². The number of halogens is 1. The van der Waals surface area contributed by atoms with Crippen molar-refractivity contribution >= 4 is 21.8 Å². The fourth-order valence-corrected chi connectivity index (χ4v) is 3.36. The zero-order valence-electron chi connectivity index (χ0n) is 10.8. The first-order chi connectivity index (χ1) is 8.49. The van der Waals surface area contributed by atoms with Crippen molar-refractivity contribution in [2.75, 3.05) is 6.54 Å². The van der Waals surface area contributed by atoms with Crippen LogP contribution in [0.1, 0.15) is 34.8 Å². The summed E-state index contributed by atoms with van der Waals surface area (Å²) in [6.45, 7) is 6.86. The Bertz CT molecular complexity index is 541. The van der Waals surface area contributed by atoms with Gasteiger partial charge in [-0.2, -0.15) is 0 Å². The summed E-state index contributed by atoms with van der Waals surface area (Å²) in [5.41, 5.74) is 2.90. The predicted molar refractivity (Wildman–Crippen MR) is 73.1 cm³/mol. The first-order valence-corrected chi connectivity index (χ1v) is 7.05. The van der Waals surface area contributed by atoms with Crippen LogP contribution in [0.15, 0.2) is 10.5 Å². The van der Waals surface area contributed by atoms with Crippen molar-refractivity contribution in [3.05, 3.63) is 27.2 Å².